The molecule has 0 saturated heterocycles. The van der Waals surface area contributed by atoms with E-state index in [0.717, 1.165) is 26.6 Å². The van der Waals surface area contributed by atoms with Gasteiger partial charge in [-0.15, -0.1) is 0 Å². The summed E-state index contributed by atoms with van der Waals surface area (Å²) >= 11 is 0. The molecule has 0 unspecified atom stereocenters. The number of carbonyl (C=O) groups is 1. The molecule has 1 amide bonds. The Balaban J connectivity index is 1.56. The normalized spacial score (nSPS) is 11.6. The zero-order valence-electron chi connectivity index (χ0n) is 24.7. The van der Waals surface area contributed by atoms with Crippen molar-refractivity contribution in [2.45, 2.75) is 40.4 Å². The first kappa shape index (κ1) is 28.0. The van der Waals surface area contributed by atoms with Crippen molar-refractivity contribution < 1.29 is 4.79 Å². The van der Waals surface area contributed by atoms with Crippen molar-refractivity contribution in [1.29, 1.82) is 0 Å². The van der Waals surface area contributed by atoms with Crippen molar-refractivity contribution in [1.82, 2.24) is 23.5 Å². The van der Waals surface area contributed by atoms with Gasteiger partial charge < -0.3 is 9.88 Å². The van der Waals surface area contributed by atoms with Gasteiger partial charge in [0.25, 0.3) is 5.56 Å². The number of para-hydroxylation sites is 1. The number of nitrogens with one attached hydrogen (secondary N) is 1. The number of nitrogens with zero attached hydrogens (tertiary/aromatic N) is 5. The second-order valence-electron chi connectivity index (χ2n) is 11.4. The van der Waals surface area contributed by atoms with Gasteiger partial charge in [0.2, 0.25) is 5.91 Å². The quantitative estimate of drug-likeness (QED) is 0.269. The molecule has 0 aliphatic heterocycles. The zero-order chi connectivity index (χ0) is 30.2. The lowest BCUT2D eigenvalue weighted by Crippen LogP contribution is -2.38. The van der Waals surface area contributed by atoms with Gasteiger partial charge in [0, 0.05) is 55.4 Å². The number of amides is 1. The number of fused-ring (bicyclic) bond motifs is 2. The second kappa shape index (κ2) is 11.2. The number of carbonyl (C=O) groups excluding carboxylic acids is 1. The highest BCUT2D eigenvalue weighted by atomic mass is 16.2. The highest BCUT2D eigenvalue weighted by Gasteiger charge is 2.23. The van der Waals surface area contributed by atoms with Crippen LogP contribution < -0.4 is 16.6 Å². The Kier molecular flexibility index (Phi) is 7.31. The van der Waals surface area contributed by atoms with E-state index in [-0.39, 0.29) is 17.5 Å². The number of benzene rings is 3. The zero-order valence-corrected chi connectivity index (χ0v) is 24.7. The summed E-state index contributed by atoms with van der Waals surface area (Å²) < 4.78 is 6.84. The Bertz CT molecular complexity index is 2080. The maximum absolute atomic E-state index is 13.7. The summed E-state index contributed by atoms with van der Waals surface area (Å²) in [6, 6.07) is 25.9. The Hall–Kier alpha value is -5.18. The molecule has 1 N–H and O–H groups in total. The summed E-state index contributed by atoms with van der Waals surface area (Å²) in [5.41, 5.74) is 4.98. The van der Waals surface area contributed by atoms with E-state index in [4.69, 9.17) is 5.10 Å². The van der Waals surface area contributed by atoms with Crippen LogP contribution >= 0.6 is 0 Å². The van der Waals surface area contributed by atoms with Crippen molar-refractivity contribution >= 4 is 33.5 Å². The molecule has 9 nitrogen and oxygen atoms in total. The van der Waals surface area contributed by atoms with Crippen LogP contribution in [0.3, 0.4) is 0 Å². The van der Waals surface area contributed by atoms with Gasteiger partial charge in [0.05, 0.1) is 12.2 Å². The van der Waals surface area contributed by atoms with Crippen LogP contribution in [0.15, 0.2) is 94.6 Å². The number of anilines is 1. The van der Waals surface area contributed by atoms with Gasteiger partial charge in [-0.3, -0.25) is 23.4 Å². The third-order valence-electron chi connectivity index (χ3n) is 7.64. The van der Waals surface area contributed by atoms with Gasteiger partial charge in [-0.2, -0.15) is 5.10 Å². The lowest BCUT2D eigenvalue weighted by atomic mass is 10.1. The summed E-state index contributed by atoms with van der Waals surface area (Å²) in [5.74, 6) is 0.00149. The fourth-order valence-electron chi connectivity index (χ4n) is 5.73. The molecular formula is C34H34N6O3. The van der Waals surface area contributed by atoms with Gasteiger partial charge >= 0.3 is 5.69 Å². The smallest absolute Gasteiger partial charge is 0.332 e. The van der Waals surface area contributed by atoms with E-state index in [2.05, 4.69) is 40.3 Å². The largest absolute Gasteiger partial charge is 0.343 e. The molecular weight excluding hydrogens is 540 g/mol. The molecule has 43 heavy (non-hydrogen) atoms. The molecule has 3 aromatic heterocycles. The van der Waals surface area contributed by atoms with Crippen molar-refractivity contribution in [3.8, 4) is 11.3 Å². The van der Waals surface area contributed by atoms with Crippen molar-refractivity contribution in [3.05, 3.63) is 117 Å². The Morgan fingerprint density at radius 1 is 0.907 bits per heavy atom. The molecule has 0 saturated carbocycles. The summed E-state index contributed by atoms with van der Waals surface area (Å²) in [6.07, 6.45) is 2.15. The first-order valence-electron chi connectivity index (χ1n) is 14.4. The standard InChI is InChI=1S/C34H34N6O3/c1-22(2)18-39-32-30(33(42)37(4)34(39)43)31(25-14-16-27(17-15-25)35-23(3)41)40(36-32)21-26-20-38(19-24-10-6-5-7-11-24)29-13-9-8-12-28(26)29/h5-17,20,22H,18-19,21H2,1-4H3,(H,35,41). The van der Waals surface area contributed by atoms with E-state index < -0.39 is 5.56 Å². The summed E-state index contributed by atoms with van der Waals surface area (Å²) in [5, 5.41) is 9.24. The Labute approximate surface area is 248 Å². The van der Waals surface area contributed by atoms with Gasteiger partial charge in [-0.25, -0.2) is 4.79 Å². The molecule has 218 valence electrons. The molecule has 6 aromatic rings. The molecule has 0 bridgehead atoms. The van der Waals surface area contributed by atoms with Crippen LogP contribution in [0.25, 0.3) is 33.2 Å². The molecule has 0 fully saturated rings. The van der Waals surface area contributed by atoms with E-state index in [1.54, 1.807) is 16.7 Å². The molecule has 0 spiro atoms. The van der Waals surface area contributed by atoms with Crippen LogP contribution in [0.2, 0.25) is 0 Å². The minimum absolute atomic E-state index is 0.165. The lowest BCUT2D eigenvalue weighted by Gasteiger charge is -2.11. The molecule has 9 heteroatoms. The highest BCUT2D eigenvalue weighted by molar-refractivity contribution is 5.93. The summed E-state index contributed by atoms with van der Waals surface area (Å²) in [6.45, 7) is 7.06. The number of aromatic nitrogens is 5. The highest BCUT2D eigenvalue weighted by Crippen LogP contribution is 2.30. The average molecular weight is 575 g/mol. The monoisotopic (exact) mass is 574 g/mol. The Morgan fingerprint density at radius 3 is 2.30 bits per heavy atom. The van der Waals surface area contributed by atoms with Crippen LogP contribution in [0.4, 0.5) is 5.69 Å². The summed E-state index contributed by atoms with van der Waals surface area (Å²) in [4.78, 5) is 38.6. The van der Waals surface area contributed by atoms with E-state index in [1.807, 2.05) is 61.0 Å². The van der Waals surface area contributed by atoms with Crippen LogP contribution in [-0.2, 0) is 31.5 Å². The molecule has 0 radical (unpaired) electrons. The van der Waals surface area contributed by atoms with Gasteiger partial charge in [0.15, 0.2) is 5.65 Å². The topological polar surface area (TPSA) is 95.8 Å². The van der Waals surface area contributed by atoms with Crippen molar-refractivity contribution in [3.63, 3.8) is 0 Å². The molecule has 3 aromatic carbocycles. The Morgan fingerprint density at radius 2 is 1.60 bits per heavy atom. The van der Waals surface area contributed by atoms with E-state index in [9.17, 15) is 14.4 Å². The van der Waals surface area contributed by atoms with Crippen LogP contribution in [0, 0.1) is 5.92 Å². The molecule has 0 aliphatic rings. The van der Waals surface area contributed by atoms with E-state index >= 15 is 0 Å². The maximum Gasteiger partial charge on any atom is 0.332 e. The molecule has 0 atom stereocenters. The number of rotatable bonds is 8. The van der Waals surface area contributed by atoms with Crippen molar-refractivity contribution in [2.24, 2.45) is 13.0 Å². The third-order valence-corrected chi connectivity index (χ3v) is 7.64. The number of hydrogen-bond acceptors (Lipinski definition) is 4. The minimum atomic E-state index is -0.390. The number of hydrogen-bond donors (Lipinski definition) is 1. The van der Waals surface area contributed by atoms with Gasteiger partial charge in [-0.1, -0.05) is 74.5 Å². The van der Waals surface area contributed by atoms with E-state index in [0.29, 0.717) is 42.0 Å². The third kappa shape index (κ3) is 5.30. The van der Waals surface area contributed by atoms with Crippen LogP contribution in [0.5, 0.6) is 0 Å². The molecule has 0 aliphatic carbocycles. The van der Waals surface area contributed by atoms with Crippen LogP contribution in [-0.4, -0.2) is 29.4 Å². The van der Waals surface area contributed by atoms with Crippen LogP contribution in [0.1, 0.15) is 31.9 Å². The maximum atomic E-state index is 13.7. The minimum Gasteiger partial charge on any atom is -0.343 e. The average Bonchev–Trinajstić information content (AvgIpc) is 3.53. The van der Waals surface area contributed by atoms with E-state index in [1.165, 1.54) is 19.5 Å². The first-order chi connectivity index (χ1) is 20.7. The predicted molar refractivity (Wildman–Crippen MR) is 170 cm³/mol. The predicted octanol–water partition coefficient (Wildman–Crippen LogP) is 5.23. The lowest BCUT2D eigenvalue weighted by molar-refractivity contribution is -0.114. The van der Waals surface area contributed by atoms with Crippen molar-refractivity contribution in [2.75, 3.05) is 5.32 Å². The SMILES string of the molecule is CC(=O)Nc1ccc(-c2c3c(=O)n(C)c(=O)n(CC(C)C)c3nn2Cc2cn(Cc3ccccc3)c3ccccc23)cc1. The fraction of sp³-hybridized carbons (Fsp3) is 0.235. The summed E-state index contributed by atoms with van der Waals surface area (Å²) in [7, 11) is 1.51. The molecule has 6 rings (SSSR count). The van der Waals surface area contributed by atoms with Gasteiger partial charge in [0.1, 0.15) is 5.39 Å². The molecule has 3 heterocycles. The van der Waals surface area contributed by atoms with Gasteiger partial charge in [-0.05, 0) is 35.2 Å². The second-order valence-corrected chi connectivity index (χ2v) is 11.4. The fourth-order valence-corrected chi connectivity index (χ4v) is 5.73. The first-order valence-corrected chi connectivity index (χ1v) is 14.4.